The van der Waals surface area contributed by atoms with E-state index in [0.29, 0.717) is 17.4 Å². The molecule has 2 rings (SSSR count). The molecule has 6 heteroatoms. The smallest absolute Gasteiger partial charge is 0.322 e. The van der Waals surface area contributed by atoms with Crippen LogP contribution in [0.3, 0.4) is 0 Å². The van der Waals surface area contributed by atoms with E-state index in [1.165, 1.54) is 0 Å². The molecular formula is C13H21ClN4O. The highest BCUT2D eigenvalue weighted by atomic mass is 35.5. The first-order chi connectivity index (χ1) is 8.85. The van der Waals surface area contributed by atoms with E-state index in [-0.39, 0.29) is 11.4 Å². The molecule has 0 aromatic carbocycles. The van der Waals surface area contributed by atoms with Gasteiger partial charge in [-0.2, -0.15) is 15.0 Å². The minimum atomic E-state index is 0.0200. The van der Waals surface area contributed by atoms with Crippen LogP contribution in [0.25, 0.3) is 0 Å². The highest BCUT2D eigenvalue weighted by Crippen LogP contribution is 2.31. The maximum Gasteiger partial charge on any atom is 0.322 e. The Morgan fingerprint density at radius 3 is 2.37 bits per heavy atom. The SMILES string of the molecule is CC(C)Oc1nc(Cl)nc(N2CCC(C)(C)CC2)n1. The van der Waals surface area contributed by atoms with Crippen LogP contribution in [-0.4, -0.2) is 34.1 Å². The summed E-state index contributed by atoms with van der Waals surface area (Å²) < 4.78 is 5.49. The van der Waals surface area contributed by atoms with Gasteiger partial charge in [-0.25, -0.2) is 0 Å². The lowest BCUT2D eigenvalue weighted by Gasteiger charge is -2.36. The third-order valence-electron chi connectivity index (χ3n) is 3.32. The van der Waals surface area contributed by atoms with Gasteiger partial charge in [0, 0.05) is 13.1 Å². The summed E-state index contributed by atoms with van der Waals surface area (Å²) >= 11 is 5.94. The van der Waals surface area contributed by atoms with E-state index in [1.54, 1.807) is 0 Å². The van der Waals surface area contributed by atoms with E-state index in [9.17, 15) is 0 Å². The predicted molar refractivity (Wildman–Crippen MR) is 75.8 cm³/mol. The number of halogens is 1. The predicted octanol–water partition coefficient (Wildman–Crippen LogP) is 2.94. The van der Waals surface area contributed by atoms with Crippen molar-refractivity contribution in [3.05, 3.63) is 5.28 Å². The molecule has 0 bridgehead atoms. The van der Waals surface area contributed by atoms with E-state index in [4.69, 9.17) is 16.3 Å². The lowest BCUT2D eigenvalue weighted by molar-refractivity contribution is 0.221. The molecule has 0 aliphatic carbocycles. The summed E-state index contributed by atoms with van der Waals surface area (Å²) in [6, 6.07) is 0.301. The molecule has 1 aromatic heterocycles. The monoisotopic (exact) mass is 284 g/mol. The molecule has 19 heavy (non-hydrogen) atoms. The third-order valence-corrected chi connectivity index (χ3v) is 3.49. The van der Waals surface area contributed by atoms with Crippen LogP contribution in [0.1, 0.15) is 40.5 Å². The highest BCUT2D eigenvalue weighted by Gasteiger charge is 2.27. The number of hydrogen-bond acceptors (Lipinski definition) is 5. The Labute approximate surface area is 119 Å². The number of anilines is 1. The molecule has 1 aromatic rings. The second kappa shape index (κ2) is 5.49. The van der Waals surface area contributed by atoms with Crippen molar-refractivity contribution in [2.24, 2.45) is 5.41 Å². The van der Waals surface area contributed by atoms with Crippen LogP contribution < -0.4 is 9.64 Å². The quantitative estimate of drug-likeness (QED) is 0.854. The van der Waals surface area contributed by atoms with Crippen molar-refractivity contribution < 1.29 is 4.74 Å². The molecule has 0 spiro atoms. The highest BCUT2D eigenvalue weighted by molar-refractivity contribution is 6.28. The lowest BCUT2D eigenvalue weighted by atomic mass is 9.83. The summed E-state index contributed by atoms with van der Waals surface area (Å²) in [6.07, 6.45) is 2.26. The topological polar surface area (TPSA) is 51.1 Å². The van der Waals surface area contributed by atoms with Crippen molar-refractivity contribution in [2.75, 3.05) is 18.0 Å². The van der Waals surface area contributed by atoms with E-state index in [2.05, 4.69) is 33.7 Å². The van der Waals surface area contributed by atoms with Gasteiger partial charge in [-0.3, -0.25) is 0 Å². The molecule has 0 N–H and O–H groups in total. The molecule has 106 valence electrons. The molecule has 1 saturated heterocycles. The molecule has 0 radical (unpaired) electrons. The zero-order chi connectivity index (χ0) is 14.0. The fourth-order valence-corrected chi connectivity index (χ4v) is 2.19. The van der Waals surface area contributed by atoms with Crippen molar-refractivity contribution in [1.82, 2.24) is 15.0 Å². The number of rotatable bonds is 3. The molecular weight excluding hydrogens is 264 g/mol. The molecule has 0 atom stereocenters. The zero-order valence-electron chi connectivity index (χ0n) is 12.0. The summed E-state index contributed by atoms with van der Waals surface area (Å²) in [5.41, 5.74) is 0.393. The van der Waals surface area contributed by atoms with Crippen LogP contribution in [-0.2, 0) is 0 Å². The number of hydrogen-bond donors (Lipinski definition) is 0. The molecule has 1 fully saturated rings. The van der Waals surface area contributed by atoms with Crippen molar-refractivity contribution in [2.45, 2.75) is 46.6 Å². The van der Waals surface area contributed by atoms with Gasteiger partial charge in [0.25, 0.3) is 0 Å². The fraction of sp³-hybridized carbons (Fsp3) is 0.769. The Morgan fingerprint density at radius 2 is 1.79 bits per heavy atom. The minimum Gasteiger partial charge on any atom is -0.461 e. The van der Waals surface area contributed by atoms with Gasteiger partial charge in [-0.05, 0) is 43.7 Å². The largest absolute Gasteiger partial charge is 0.461 e. The van der Waals surface area contributed by atoms with Crippen molar-refractivity contribution in [3.63, 3.8) is 0 Å². The first-order valence-electron chi connectivity index (χ1n) is 6.69. The third kappa shape index (κ3) is 3.93. The second-order valence-corrected chi connectivity index (χ2v) is 6.34. The van der Waals surface area contributed by atoms with Gasteiger partial charge in [-0.1, -0.05) is 13.8 Å². The van der Waals surface area contributed by atoms with Crippen LogP contribution in [0, 0.1) is 5.41 Å². The van der Waals surface area contributed by atoms with Gasteiger partial charge in [0.2, 0.25) is 11.2 Å². The molecule has 5 nitrogen and oxygen atoms in total. The van der Waals surface area contributed by atoms with Gasteiger partial charge >= 0.3 is 6.01 Å². The number of ether oxygens (including phenoxy) is 1. The van der Waals surface area contributed by atoms with E-state index in [1.807, 2.05) is 13.8 Å². The Morgan fingerprint density at radius 1 is 1.16 bits per heavy atom. The average Bonchev–Trinajstić information content (AvgIpc) is 2.26. The van der Waals surface area contributed by atoms with Gasteiger partial charge < -0.3 is 9.64 Å². The summed E-state index contributed by atoms with van der Waals surface area (Å²) in [5.74, 6) is 0.617. The number of nitrogens with zero attached hydrogens (tertiary/aromatic N) is 4. The van der Waals surface area contributed by atoms with Crippen molar-refractivity contribution in [3.8, 4) is 6.01 Å². The first kappa shape index (κ1) is 14.3. The van der Waals surface area contributed by atoms with Crippen molar-refractivity contribution >= 4 is 17.5 Å². The van der Waals surface area contributed by atoms with Gasteiger partial charge in [-0.15, -0.1) is 0 Å². The normalized spacial score (nSPS) is 18.7. The fourth-order valence-electron chi connectivity index (χ4n) is 2.04. The average molecular weight is 285 g/mol. The minimum absolute atomic E-state index is 0.0200. The molecule has 2 heterocycles. The lowest BCUT2D eigenvalue weighted by Crippen LogP contribution is -2.38. The number of piperidine rings is 1. The van der Waals surface area contributed by atoms with E-state index in [0.717, 1.165) is 25.9 Å². The summed E-state index contributed by atoms with van der Waals surface area (Å²) in [4.78, 5) is 14.7. The summed E-state index contributed by atoms with van der Waals surface area (Å²) in [7, 11) is 0. The zero-order valence-corrected chi connectivity index (χ0v) is 12.7. The molecule has 0 saturated carbocycles. The molecule has 1 aliphatic heterocycles. The van der Waals surface area contributed by atoms with Crippen LogP contribution in [0.5, 0.6) is 6.01 Å². The Balaban J connectivity index is 2.14. The molecule has 0 amide bonds. The van der Waals surface area contributed by atoms with Crippen LogP contribution in [0.4, 0.5) is 5.95 Å². The standard InChI is InChI=1S/C13H21ClN4O/c1-9(2)19-12-16-10(14)15-11(17-12)18-7-5-13(3,4)6-8-18/h9H,5-8H2,1-4H3. The van der Waals surface area contributed by atoms with Crippen LogP contribution in [0.15, 0.2) is 0 Å². The summed E-state index contributed by atoms with van der Waals surface area (Å²) in [6.45, 7) is 10.3. The van der Waals surface area contributed by atoms with Gasteiger partial charge in [0.1, 0.15) is 0 Å². The Kier molecular flexibility index (Phi) is 4.13. The van der Waals surface area contributed by atoms with E-state index >= 15 is 0 Å². The van der Waals surface area contributed by atoms with Crippen LogP contribution >= 0.6 is 11.6 Å². The maximum atomic E-state index is 5.94. The Bertz CT molecular complexity index is 440. The Hall–Kier alpha value is -1.10. The van der Waals surface area contributed by atoms with Crippen molar-refractivity contribution in [1.29, 1.82) is 0 Å². The summed E-state index contributed by atoms with van der Waals surface area (Å²) in [5, 5.41) is 0.186. The van der Waals surface area contributed by atoms with E-state index < -0.39 is 0 Å². The number of aromatic nitrogens is 3. The van der Waals surface area contributed by atoms with Gasteiger partial charge in [0.15, 0.2) is 0 Å². The molecule has 1 aliphatic rings. The molecule has 0 unspecified atom stereocenters. The maximum absolute atomic E-state index is 5.94. The second-order valence-electron chi connectivity index (χ2n) is 6.00. The van der Waals surface area contributed by atoms with Gasteiger partial charge in [0.05, 0.1) is 6.10 Å². The van der Waals surface area contributed by atoms with Crippen LogP contribution in [0.2, 0.25) is 5.28 Å². The first-order valence-corrected chi connectivity index (χ1v) is 7.07.